The molecule has 5 aromatic carbocycles. The largest absolute Gasteiger partial charge is 0.309 e. The first-order chi connectivity index (χ1) is 16.1. The van der Waals surface area contributed by atoms with Crippen molar-refractivity contribution in [1.29, 1.82) is 0 Å². The molecule has 33 heavy (non-hydrogen) atoms. The third kappa shape index (κ3) is 3.08. The quantitative estimate of drug-likeness (QED) is 0.261. The lowest BCUT2D eigenvalue weighted by molar-refractivity contribution is 0.632. The summed E-state index contributed by atoms with van der Waals surface area (Å²) in [5, 5.41) is 3.19. The SMILES string of the molecule is CC1(C)c2ccccc2N(c2c(-c3ccccc3)ccc3ccccc23)c2cc(Cl)ccc21. The van der Waals surface area contributed by atoms with Gasteiger partial charge in [-0.3, -0.25) is 0 Å². The zero-order chi connectivity index (χ0) is 22.6. The molecule has 0 saturated carbocycles. The van der Waals surface area contributed by atoms with Crippen molar-refractivity contribution in [3.63, 3.8) is 0 Å². The van der Waals surface area contributed by atoms with Gasteiger partial charge in [0, 0.05) is 21.4 Å². The number of halogens is 1. The minimum absolute atomic E-state index is 0.134. The molecule has 1 heterocycles. The third-order valence-corrected chi connectivity index (χ3v) is 7.14. The number of para-hydroxylation sites is 1. The first kappa shape index (κ1) is 20.1. The van der Waals surface area contributed by atoms with Gasteiger partial charge in [-0.15, -0.1) is 0 Å². The average Bonchev–Trinajstić information content (AvgIpc) is 2.84. The highest BCUT2D eigenvalue weighted by Gasteiger charge is 2.37. The summed E-state index contributed by atoms with van der Waals surface area (Å²) in [5.41, 5.74) is 8.38. The maximum atomic E-state index is 6.60. The fourth-order valence-electron chi connectivity index (χ4n) is 5.28. The van der Waals surface area contributed by atoms with E-state index in [2.05, 4.69) is 122 Å². The molecule has 0 aromatic heterocycles. The number of hydrogen-bond donors (Lipinski definition) is 0. The molecule has 0 amide bonds. The lowest BCUT2D eigenvalue weighted by atomic mass is 9.73. The Labute approximate surface area is 199 Å². The van der Waals surface area contributed by atoms with Crippen molar-refractivity contribution in [2.45, 2.75) is 19.3 Å². The predicted octanol–water partition coefficient (Wildman–Crippen LogP) is 9.27. The van der Waals surface area contributed by atoms with Crippen molar-refractivity contribution in [3.8, 4) is 11.1 Å². The van der Waals surface area contributed by atoms with Gasteiger partial charge in [0.05, 0.1) is 17.1 Å². The van der Waals surface area contributed by atoms with Crippen LogP contribution in [0.4, 0.5) is 17.1 Å². The summed E-state index contributed by atoms with van der Waals surface area (Å²) in [6.07, 6.45) is 0. The summed E-state index contributed by atoms with van der Waals surface area (Å²) >= 11 is 6.60. The number of benzene rings is 5. The topological polar surface area (TPSA) is 3.24 Å². The Balaban J connectivity index is 1.77. The van der Waals surface area contributed by atoms with Crippen LogP contribution in [0.15, 0.2) is 109 Å². The third-order valence-electron chi connectivity index (χ3n) is 6.90. The fraction of sp³-hybridized carbons (Fsp3) is 0.0968. The van der Waals surface area contributed by atoms with Gasteiger partial charge in [0.2, 0.25) is 0 Å². The van der Waals surface area contributed by atoms with E-state index in [0.717, 1.165) is 10.7 Å². The molecular formula is C31H24ClN. The summed E-state index contributed by atoms with van der Waals surface area (Å²) < 4.78 is 0. The van der Waals surface area contributed by atoms with Crippen LogP contribution in [0.5, 0.6) is 0 Å². The summed E-state index contributed by atoms with van der Waals surface area (Å²) in [4.78, 5) is 2.42. The van der Waals surface area contributed by atoms with E-state index in [1.165, 1.54) is 44.4 Å². The average molecular weight is 446 g/mol. The van der Waals surface area contributed by atoms with Crippen molar-refractivity contribution >= 4 is 39.4 Å². The molecule has 0 N–H and O–H groups in total. The van der Waals surface area contributed by atoms with Crippen molar-refractivity contribution in [2.24, 2.45) is 0 Å². The van der Waals surface area contributed by atoms with E-state index in [4.69, 9.17) is 11.6 Å². The van der Waals surface area contributed by atoms with Crippen LogP contribution < -0.4 is 4.90 Å². The first-order valence-corrected chi connectivity index (χ1v) is 11.7. The van der Waals surface area contributed by atoms with Gasteiger partial charge >= 0.3 is 0 Å². The second kappa shape index (κ2) is 7.50. The fourth-order valence-corrected chi connectivity index (χ4v) is 5.44. The van der Waals surface area contributed by atoms with Gasteiger partial charge in [0.15, 0.2) is 0 Å². The lowest BCUT2D eigenvalue weighted by Gasteiger charge is -2.43. The van der Waals surface area contributed by atoms with Crippen molar-refractivity contribution in [1.82, 2.24) is 0 Å². The number of fused-ring (bicyclic) bond motifs is 3. The Morgan fingerprint density at radius 1 is 0.636 bits per heavy atom. The van der Waals surface area contributed by atoms with Crippen LogP contribution in [-0.4, -0.2) is 0 Å². The van der Waals surface area contributed by atoms with Crippen LogP contribution >= 0.6 is 11.6 Å². The van der Waals surface area contributed by atoms with E-state index in [1.54, 1.807) is 0 Å². The molecule has 0 fully saturated rings. The highest BCUT2D eigenvalue weighted by molar-refractivity contribution is 6.31. The highest BCUT2D eigenvalue weighted by atomic mass is 35.5. The standard InChI is InChI=1S/C31H24ClN/c1-31(2)26-14-8-9-15-28(26)33(29-20-23(32)17-19-27(29)31)30-24-13-7-6-12-22(24)16-18-25(30)21-10-4-3-5-11-21/h3-20H,1-2H3. The van der Waals surface area contributed by atoms with Gasteiger partial charge in [-0.25, -0.2) is 0 Å². The van der Waals surface area contributed by atoms with Crippen LogP contribution in [0.2, 0.25) is 5.02 Å². The highest BCUT2D eigenvalue weighted by Crippen LogP contribution is 2.55. The number of rotatable bonds is 2. The van der Waals surface area contributed by atoms with Crippen molar-refractivity contribution < 1.29 is 0 Å². The van der Waals surface area contributed by atoms with E-state index < -0.39 is 0 Å². The Hall–Kier alpha value is -3.55. The normalized spacial score (nSPS) is 14.1. The summed E-state index contributed by atoms with van der Waals surface area (Å²) in [6.45, 7) is 4.61. The second-order valence-electron chi connectivity index (χ2n) is 9.19. The molecule has 1 aliphatic heterocycles. The molecule has 0 bridgehead atoms. The van der Waals surface area contributed by atoms with Gasteiger partial charge in [-0.2, -0.15) is 0 Å². The van der Waals surface area contributed by atoms with Crippen molar-refractivity contribution in [2.75, 3.05) is 4.90 Å². The monoisotopic (exact) mass is 445 g/mol. The molecule has 0 saturated heterocycles. The van der Waals surface area contributed by atoms with Gasteiger partial charge in [0.1, 0.15) is 0 Å². The van der Waals surface area contributed by atoms with E-state index in [-0.39, 0.29) is 5.41 Å². The molecule has 1 aliphatic rings. The molecule has 0 spiro atoms. The van der Waals surface area contributed by atoms with E-state index in [1.807, 2.05) is 6.07 Å². The number of anilines is 3. The Morgan fingerprint density at radius 2 is 1.33 bits per heavy atom. The zero-order valence-electron chi connectivity index (χ0n) is 18.7. The van der Waals surface area contributed by atoms with Crippen LogP contribution in [0.3, 0.4) is 0 Å². The van der Waals surface area contributed by atoms with Crippen LogP contribution in [0.1, 0.15) is 25.0 Å². The molecule has 6 rings (SSSR count). The molecule has 160 valence electrons. The first-order valence-electron chi connectivity index (χ1n) is 11.3. The second-order valence-corrected chi connectivity index (χ2v) is 9.62. The molecule has 1 nitrogen and oxygen atoms in total. The van der Waals surface area contributed by atoms with Gasteiger partial charge in [-0.1, -0.05) is 116 Å². The van der Waals surface area contributed by atoms with E-state index >= 15 is 0 Å². The maximum absolute atomic E-state index is 6.60. The minimum atomic E-state index is -0.134. The molecular weight excluding hydrogens is 422 g/mol. The molecule has 0 radical (unpaired) electrons. The number of nitrogens with zero attached hydrogens (tertiary/aromatic N) is 1. The summed E-state index contributed by atoms with van der Waals surface area (Å²) in [5.74, 6) is 0. The summed E-state index contributed by atoms with van der Waals surface area (Å²) in [6, 6.07) is 38.8. The lowest BCUT2D eigenvalue weighted by Crippen LogP contribution is -2.30. The number of hydrogen-bond acceptors (Lipinski definition) is 1. The molecule has 2 heteroatoms. The molecule has 0 unspecified atom stereocenters. The van der Waals surface area contributed by atoms with Gasteiger partial charge in [0.25, 0.3) is 0 Å². The zero-order valence-corrected chi connectivity index (χ0v) is 19.5. The molecule has 0 aliphatic carbocycles. The van der Waals surface area contributed by atoms with Crippen molar-refractivity contribution in [3.05, 3.63) is 125 Å². The van der Waals surface area contributed by atoms with Crippen LogP contribution in [0.25, 0.3) is 21.9 Å². The minimum Gasteiger partial charge on any atom is -0.309 e. The summed E-state index contributed by atoms with van der Waals surface area (Å²) in [7, 11) is 0. The Kier molecular flexibility index (Phi) is 4.57. The van der Waals surface area contributed by atoms with E-state index in [0.29, 0.717) is 0 Å². The Morgan fingerprint density at radius 3 is 2.18 bits per heavy atom. The molecule has 0 atom stereocenters. The van der Waals surface area contributed by atoms with Gasteiger partial charge < -0.3 is 4.90 Å². The smallest absolute Gasteiger partial charge is 0.0618 e. The van der Waals surface area contributed by atoms with Gasteiger partial charge in [-0.05, 0) is 40.3 Å². The molecule has 5 aromatic rings. The van der Waals surface area contributed by atoms with Crippen LogP contribution in [-0.2, 0) is 5.41 Å². The van der Waals surface area contributed by atoms with Crippen LogP contribution in [0, 0.1) is 0 Å². The van der Waals surface area contributed by atoms with E-state index in [9.17, 15) is 0 Å². The Bertz CT molecular complexity index is 1500. The predicted molar refractivity (Wildman–Crippen MR) is 141 cm³/mol. The maximum Gasteiger partial charge on any atom is 0.0618 e.